The lowest BCUT2D eigenvalue weighted by atomic mass is 9.64. The second-order valence-electron chi connectivity index (χ2n) is 7.69. The van der Waals surface area contributed by atoms with Crippen LogP contribution >= 0.6 is 11.6 Å². The molecule has 26 heavy (non-hydrogen) atoms. The Balaban J connectivity index is 1.44. The Hall–Kier alpha value is -1.84. The number of amides is 1. The molecule has 1 atom stereocenters. The summed E-state index contributed by atoms with van der Waals surface area (Å²) < 4.78 is 0. The Bertz CT molecular complexity index is 798. The minimum atomic E-state index is -0.365. The molecule has 0 spiro atoms. The molecule has 1 aliphatic carbocycles. The summed E-state index contributed by atoms with van der Waals surface area (Å²) in [5.74, 6) is 0.165. The molecule has 136 valence electrons. The molecule has 1 saturated carbocycles. The number of carbonyl (C=O) groups is 1. The summed E-state index contributed by atoms with van der Waals surface area (Å²) in [5.41, 5.74) is 3.53. The molecule has 4 heteroatoms. The summed E-state index contributed by atoms with van der Waals surface area (Å²) in [6, 6.07) is 16.7. The first-order chi connectivity index (χ1) is 12.6. The van der Waals surface area contributed by atoms with Gasteiger partial charge in [-0.25, -0.2) is 0 Å². The minimum Gasteiger partial charge on any atom is -0.354 e. The zero-order valence-electron chi connectivity index (χ0n) is 15.2. The normalized spacial score (nSPS) is 21.5. The second-order valence-corrected chi connectivity index (χ2v) is 8.13. The number of fused-ring (bicyclic) bond motifs is 1. The molecule has 1 amide bonds. The van der Waals surface area contributed by atoms with Crippen molar-refractivity contribution in [2.24, 2.45) is 0 Å². The third kappa shape index (κ3) is 3.15. The van der Waals surface area contributed by atoms with E-state index in [-0.39, 0.29) is 11.3 Å². The first-order valence-corrected chi connectivity index (χ1v) is 9.78. The van der Waals surface area contributed by atoms with Crippen LogP contribution in [0.15, 0.2) is 48.5 Å². The highest BCUT2D eigenvalue weighted by molar-refractivity contribution is 6.30. The maximum Gasteiger partial charge on any atom is 0.230 e. The van der Waals surface area contributed by atoms with E-state index in [0.29, 0.717) is 17.6 Å². The Morgan fingerprint density at radius 1 is 1.15 bits per heavy atom. The summed E-state index contributed by atoms with van der Waals surface area (Å²) in [6.45, 7) is 1.64. The van der Waals surface area contributed by atoms with Gasteiger partial charge in [-0.3, -0.25) is 9.69 Å². The highest BCUT2D eigenvalue weighted by atomic mass is 35.5. The van der Waals surface area contributed by atoms with Gasteiger partial charge in [-0.2, -0.15) is 0 Å². The molecule has 1 unspecified atom stereocenters. The van der Waals surface area contributed by atoms with Crippen molar-refractivity contribution in [3.05, 3.63) is 70.2 Å². The number of likely N-dealkylation sites (N-methyl/N-ethyl adjacent to an activating group) is 1. The number of rotatable bonds is 4. The van der Waals surface area contributed by atoms with Crippen LogP contribution in [-0.4, -0.2) is 30.4 Å². The molecule has 0 radical (unpaired) electrons. The number of nitrogens with zero attached hydrogens (tertiary/aromatic N) is 1. The van der Waals surface area contributed by atoms with Gasteiger partial charge in [0.25, 0.3) is 0 Å². The zero-order chi connectivity index (χ0) is 18.1. The average Bonchev–Trinajstić information content (AvgIpc) is 2.60. The quantitative estimate of drug-likeness (QED) is 0.886. The fourth-order valence-corrected chi connectivity index (χ4v) is 4.40. The predicted molar refractivity (Wildman–Crippen MR) is 105 cm³/mol. The number of carbonyl (C=O) groups excluding carboxylic acids is 1. The molecule has 1 fully saturated rings. The highest BCUT2D eigenvalue weighted by Crippen LogP contribution is 2.44. The Morgan fingerprint density at radius 3 is 2.50 bits per heavy atom. The van der Waals surface area contributed by atoms with Crippen molar-refractivity contribution in [1.82, 2.24) is 10.2 Å². The number of benzene rings is 2. The van der Waals surface area contributed by atoms with Crippen molar-refractivity contribution in [2.75, 3.05) is 13.6 Å². The topological polar surface area (TPSA) is 32.3 Å². The van der Waals surface area contributed by atoms with E-state index in [1.54, 1.807) is 0 Å². The van der Waals surface area contributed by atoms with Gasteiger partial charge in [0, 0.05) is 24.2 Å². The fourth-order valence-electron chi connectivity index (χ4n) is 4.27. The molecule has 2 aromatic rings. The van der Waals surface area contributed by atoms with Crippen LogP contribution in [0, 0.1) is 0 Å². The van der Waals surface area contributed by atoms with Gasteiger partial charge in [0.05, 0.1) is 5.41 Å². The Kier molecular flexibility index (Phi) is 4.76. The van der Waals surface area contributed by atoms with E-state index in [4.69, 9.17) is 11.6 Å². The first kappa shape index (κ1) is 17.6. The molecule has 0 aromatic heterocycles. The van der Waals surface area contributed by atoms with Crippen molar-refractivity contribution >= 4 is 17.5 Å². The van der Waals surface area contributed by atoms with Crippen LogP contribution in [0.25, 0.3) is 0 Å². The van der Waals surface area contributed by atoms with Gasteiger partial charge in [-0.15, -0.1) is 0 Å². The Morgan fingerprint density at radius 2 is 1.85 bits per heavy atom. The maximum absolute atomic E-state index is 13.1. The third-order valence-electron chi connectivity index (χ3n) is 6.15. The molecule has 0 bridgehead atoms. The SMILES string of the molecule is CN1Cc2ccccc2CC1CNC(=O)C1(c2ccc(Cl)cc2)CCC1. The standard InChI is InChI=1S/C22H25ClN2O/c1-25-15-17-6-3-2-5-16(17)13-20(25)14-24-21(26)22(11-4-12-22)18-7-9-19(23)10-8-18/h2-3,5-10,20H,4,11-15H2,1H3,(H,24,26). The van der Waals surface area contributed by atoms with Crippen LogP contribution in [0.5, 0.6) is 0 Å². The highest BCUT2D eigenvalue weighted by Gasteiger charge is 2.45. The van der Waals surface area contributed by atoms with Crippen molar-refractivity contribution in [1.29, 1.82) is 0 Å². The number of halogens is 1. The second kappa shape index (κ2) is 7.05. The van der Waals surface area contributed by atoms with Gasteiger partial charge in [-0.1, -0.05) is 54.4 Å². The predicted octanol–water partition coefficient (Wildman–Crippen LogP) is 3.93. The molecule has 1 heterocycles. The van der Waals surface area contributed by atoms with E-state index < -0.39 is 0 Å². The minimum absolute atomic E-state index is 0.165. The van der Waals surface area contributed by atoms with Crippen molar-refractivity contribution < 1.29 is 4.79 Å². The molecule has 1 aliphatic heterocycles. The lowest BCUT2D eigenvalue weighted by molar-refractivity contribution is -0.130. The maximum atomic E-state index is 13.1. The summed E-state index contributed by atoms with van der Waals surface area (Å²) in [7, 11) is 2.14. The lowest BCUT2D eigenvalue weighted by Gasteiger charge is -2.42. The van der Waals surface area contributed by atoms with Gasteiger partial charge < -0.3 is 5.32 Å². The molecule has 4 rings (SSSR count). The molecule has 2 aliphatic rings. The van der Waals surface area contributed by atoms with Gasteiger partial charge in [-0.05, 0) is 55.1 Å². The van der Waals surface area contributed by atoms with Crippen LogP contribution in [0.4, 0.5) is 0 Å². The van der Waals surface area contributed by atoms with Crippen molar-refractivity contribution in [3.8, 4) is 0 Å². The van der Waals surface area contributed by atoms with Crippen molar-refractivity contribution in [3.63, 3.8) is 0 Å². The molecule has 0 saturated heterocycles. The van der Waals surface area contributed by atoms with Crippen LogP contribution in [0.2, 0.25) is 5.02 Å². The van der Waals surface area contributed by atoms with Gasteiger partial charge in [0.1, 0.15) is 0 Å². The molecule has 2 aromatic carbocycles. The van der Waals surface area contributed by atoms with Crippen LogP contribution in [0.3, 0.4) is 0 Å². The third-order valence-corrected chi connectivity index (χ3v) is 6.41. The van der Waals surface area contributed by atoms with Gasteiger partial charge >= 0.3 is 0 Å². The number of hydrogen-bond acceptors (Lipinski definition) is 2. The summed E-state index contributed by atoms with van der Waals surface area (Å²) in [6.07, 6.45) is 3.93. The van der Waals surface area contributed by atoms with Crippen molar-refractivity contribution in [2.45, 2.75) is 43.7 Å². The van der Waals surface area contributed by atoms with E-state index in [1.165, 1.54) is 11.1 Å². The van der Waals surface area contributed by atoms with Crippen LogP contribution < -0.4 is 5.32 Å². The van der Waals surface area contributed by atoms with Crippen LogP contribution in [-0.2, 0) is 23.2 Å². The monoisotopic (exact) mass is 368 g/mol. The molecule has 3 nitrogen and oxygen atoms in total. The van der Waals surface area contributed by atoms with Gasteiger partial charge in [0.2, 0.25) is 5.91 Å². The van der Waals surface area contributed by atoms with Gasteiger partial charge in [0.15, 0.2) is 0 Å². The summed E-state index contributed by atoms with van der Waals surface area (Å²) >= 11 is 6.02. The fraction of sp³-hybridized carbons (Fsp3) is 0.409. The van der Waals surface area contributed by atoms with E-state index in [2.05, 4.69) is 41.5 Å². The molecule has 1 N–H and O–H groups in total. The zero-order valence-corrected chi connectivity index (χ0v) is 15.9. The van der Waals surface area contributed by atoms with E-state index in [9.17, 15) is 4.79 Å². The van der Waals surface area contributed by atoms with E-state index in [0.717, 1.165) is 37.8 Å². The lowest BCUT2D eigenvalue weighted by Crippen LogP contribution is -2.53. The summed E-state index contributed by atoms with van der Waals surface area (Å²) in [5, 5.41) is 3.97. The number of nitrogens with one attached hydrogen (secondary N) is 1. The molecular weight excluding hydrogens is 344 g/mol. The summed E-state index contributed by atoms with van der Waals surface area (Å²) in [4.78, 5) is 15.4. The number of hydrogen-bond donors (Lipinski definition) is 1. The first-order valence-electron chi connectivity index (χ1n) is 9.40. The smallest absolute Gasteiger partial charge is 0.230 e. The largest absolute Gasteiger partial charge is 0.354 e. The molecular formula is C22H25ClN2O. The average molecular weight is 369 g/mol. The van der Waals surface area contributed by atoms with E-state index >= 15 is 0 Å². The van der Waals surface area contributed by atoms with E-state index in [1.807, 2.05) is 24.3 Å². The van der Waals surface area contributed by atoms with Crippen LogP contribution in [0.1, 0.15) is 36.0 Å². The Labute approximate surface area is 160 Å².